The van der Waals surface area contributed by atoms with Gasteiger partial charge in [0, 0.05) is 75.9 Å². The number of methoxy groups -OCH3 is 1. The summed E-state index contributed by atoms with van der Waals surface area (Å²) in [6.07, 6.45) is 6.84. The molecular formula is C28H33N7O3. The van der Waals surface area contributed by atoms with Gasteiger partial charge in [0.05, 0.1) is 7.11 Å². The van der Waals surface area contributed by atoms with Gasteiger partial charge < -0.3 is 29.3 Å². The number of aryl methyl sites for hydroxylation is 1. The number of amides is 3. The van der Waals surface area contributed by atoms with Gasteiger partial charge in [0.2, 0.25) is 0 Å². The van der Waals surface area contributed by atoms with Gasteiger partial charge in [-0.1, -0.05) is 0 Å². The molecule has 0 aliphatic carbocycles. The normalized spacial score (nSPS) is 17.9. The number of ether oxygens (including phenoxy) is 1. The van der Waals surface area contributed by atoms with E-state index in [4.69, 9.17) is 4.74 Å². The van der Waals surface area contributed by atoms with Crippen LogP contribution in [-0.4, -0.2) is 75.6 Å². The fraction of sp³-hybridized carbons (Fsp3) is 0.429. The quantitative estimate of drug-likeness (QED) is 0.574. The minimum absolute atomic E-state index is 0.0506. The largest absolute Gasteiger partial charge is 0.497 e. The Morgan fingerprint density at radius 1 is 1.03 bits per heavy atom. The molecule has 198 valence electrons. The summed E-state index contributed by atoms with van der Waals surface area (Å²) < 4.78 is 7.48. The maximum Gasteiger partial charge on any atom is 0.322 e. The molecule has 3 aromatic rings. The Bertz CT molecular complexity index is 1360. The van der Waals surface area contributed by atoms with E-state index in [0.717, 1.165) is 61.6 Å². The smallest absolute Gasteiger partial charge is 0.322 e. The summed E-state index contributed by atoms with van der Waals surface area (Å²) in [6.45, 7) is 3.48. The van der Waals surface area contributed by atoms with E-state index in [1.54, 1.807) is 7.11 Å². The number of carbonyl (C=O) groups excluding carboxylic acids is 2. The summed E-state index contributed by atoms with van der Waals surface area (Å²) >= 11 is 0. The summed E-state index contributed by atoms with van der Waals surface area (Å²) in [7, 11) is 3.70. The van der Waals surface area contributed by atoms with Crippen LogP contribution in [0.15, 0.2) is 42.9 Å². The summed E-state index contributed by atoms with van der Waals surface area (Å²) in [5, 5.41) is 3.08. The first-order valence-electron chi connectivity index (χ1n) is 13.2. The number of rotatable bonds is 4. The van der Waals surface area contributed by atoms with E-state index >= 15 is 0 Å². The molecule has 1 saturated heterocycles. The van der Waals surface area contributed by atoms with E-state index in [-0.39, 0.29) is 18.0 Å². The first kappa shape index (κ1) is 24.3. The third kappa shape index (κ3) is 4.55. The predicted octanol–water partition coefficient (Wildman–Crippen LogP) is 3.08. The van der Waals surface area contributed by atoms with Gasteiger partial charge in [-0.2, -0.15) is 0 Å². The number of urea groups is 1. The minimum atomic E-state index is -0.0597. The Balaban J connectivity index is 1.09. The van der Waals surface area contributed by atoms with Gasteiger partial charge in [-0.15, -0.1) is 0 Å². The molecule has 0 atom stereocenters. The van der Waals surface area contributed by atoms with Crippen molar-refractivity contribution in [3.05, 3.63) is 65.4 Å². The summed E-state index contributed by atoms with van der Waals surface area (Å²) in [5.74, 6) is 1.50. The molecule has 5 heterocycles. The van der Waals surface area contributed by atoms with Crippen molar-refractivity contribution in [3.8, 4) is 5.75 Å². The lowest BCUT2D eigenvalue weighted by atomic mass is 10.0. The molecule has 1 N–H and O–H groups in total. The zero-order valence-electron chi connectivity index (χ0n) is 21.9. The molecule has 0 bridgehead atoms. The van der Waals surface area contributed by atoms with Gasteiger partial charge in [0.1, 0.15) is 23.6 Å². The van der Waals surface area contributed by atoms with Crippen LogP contribution in [0.25, 0.3) is 0 Å². The van der Waals surface area contributed by atoms with E-state index in [0.29, 0.717) is 25.3 Å². The summed E-state index contributed by atoms with van der Waals surface area (Å²) in [5.41, 5.74) is 4.86. The molecule has 3 aliphatic rings. The molecule has 1 aromatic carbocycles. The number of nitrogens with zero attached hydrogens (tertiary/aromatic N) is 6. The van der Waals surface area contributed by atoms with Crippen LogP contribution in [-0.2, 0) is 26.4 Å². The minimum Gasteiger partial charge on any atom is -0.497 e. The number of hydrogen-bond donors (Lipinski definition) is 1. The third-order valence-electron chi connectivity index (χ3n) is 8.10. The van der Waals surface area contributed by atoms with Crippen LogP contribution in [0.4, 0.5) is 16.3 Å². The fourth-order valence-corrected chi connectivity index (χ4v) is 5.90. The Kier molecular flexibility index (Phi) is 6.39. The molecule has 38 heavy (non-hydrogen) atoms. The van der Waals surface area contributed by atoms with Gasteiger partial charge in [-0.3, -0.25) is 4.79 Å². The molecule has 10 nitrogen and oxygen atoms in total. The number of fused-ring (bicyclic) bond motifs is 2. The van der Waals surface area contributed by atoms with Crippen LogP contribution in [0.3, 0.4) is 0 Å². The average molecular weight is 516 g/mol. The summed E-state index contributed by atoms with van der Waals surface area (Å²) in [4.78, 5) is 41.1. The van der Waals surface area contributed by atoms with Crippen LogP contribution >= 0.6 is 0 Å². The van der Waals surface area contributed by atoms with Gasteiger partial charge in [-0.25, -0.2) is 14.8 Å². The van der Waals surface area contributed by atoms with Crippen LogP contribution in [0, 0.1) is 0 Å². The average Bonchev–Trinajstić information content (AvgIpc) is 3.24. The molecule has 1 fully saturated rings. The molecular weight excluding hydrogens is 482 g/mol. The zero-order valence-corrected chi connectivity index (χ0v) is 21.9. The van der Waals surface area contributed by atoms with Gasteiger partial charge >= 0.3 is 6.03 Å². The van der Waals surface area contributed by atoms with Crippen molar-refractivity contribution in [2.75, 3.05) is 43.5 Å². The molecule has 0 spiro atoms. The molecule has 0 saturated carbocycles. The van der Waals surface area contributed by atoms with E-state index < -0.39 is 0 Å². The molecule has 2 aromatic heterocycles. The highest BCUT2D eigenvalue weighted by molar-refractivity contribution is 5.93. The third-order valence-corrected chi connectivity index (χ3v) is 8.10. The van der Waals surface area contributed by atoms with E-state index in [9.17, 15) is 9.59 Å². The first-order valence-corrected chi connectivity index (χ1v) is 13.2. The Labute approximate surface area is 222 Å². The van der Waals surface area contributed by atoms with Crippen LogP contribution in [0.5, 0.6) is 5.75 Å². The predicted molar refractivity (Wildman–Crippen MR) is 144 cm³/mol. The molecule has 10 heteroatoms. The van der Waals surface area contributed by atoms with Gasteiger partial charge in [0.25, 0.3) is 5.91 Å². The second-order valence-electron chi connectivity index (χ2n) is 10.3. The highest BCUT2D eigenvalue weighted by atomic mass is 16.5. The van der Waals surface area contributed by atoms with Crippen molar-refractivity contribution in [2.24, 2.45) is 7.05 Å². The number of nitrogens with one attached hydrogen (secondary N) is 1. The lowest BCUT2D eigenvalue weighted by Crippen LogP contribution is -2.49. The van der Waals surface area contributed by atoms with Crippen LogP contribution < -0.4 is 15.0 Å². The number of hydrogen-bond acceptors (Lipinski definition) is 6. The van der Waals surface area contributed by atoms with Crippen molar-refractivity contribution in [3.63, 3.8) is 0 Å². The van der Waals surface area contributed by atoms with Gasteiger partial charge in [-0.05, 0) is 54.7 Å². The van der Waals surface area contributed by atoms with Crippen LogP contribution in [0.2, 0.25) is 0 Å². The highest BCUT2D eigenvalue weighted by Gasteiger charge is 2.31. The van der Waals surface area contributed by atoms with Crippen molar-refractivity contribution in [2.45, 2.75) is 38.3 Å². The van der Waals surface area contributed by atoms with Crippen LogP contribution in [0.1, 0.15) is 40.2 Å². The maximum atomic E-state index is 13.3. The molecule has 6 rings (SSSR count). The molecule has 3 aliphatic heterocycles. The second-order valence-corrected chi connectivity index (χ2v) is 10.3. The Hall–Kier alpha value is -4.08. The lowest BCUT2D eigenvalue weighted by Gasteiger charge is -2.38. The number of anilines is 2. The van der Waals surface area contributed by atoms with Crippen molar-refractivity contribution in [1.82, 2.24) is 24.3 Å². The zero-order chi connectivity index (χ0) is 26.2. The fourth-order valence-electron chi connectivity index (χ4n) is 5.90. The highest BCUT2D eigenvalue weighted by Crippen LogP contribution is 2.29. The molecule has 0 unspecified atom stereocenters. The van der Waals surface area contributed by atoms with Crippen molar-refractivity contribution < 1.29 is 14.3 Å². The summed E-state index contributed by atoms with van der Waals surface area (Å²) in [6, 6.07) is 9.78. The Morgan fingerprint density at radius 3 is 2.68 bits per heavy atom. The van der Waals surface area contributed by atoms with Crippen molar-refractivity contribution >= 4 is 23.4 Å². The number of piperidine rings is 1. The lowest BCUT2D eigenvalue weighted by molar-refractivity contribution is 0.0727. The standard InChI is InChI=1S/C28H33N7O3/c1-32-10-5-20-17-34(13-9-25(20)32)27(36)24-16-26(30-18-29-24)33-11-7-21(8-12-33)35-14-6-19-15-22(38-2)3-4-23(19)31-28(35)37/h3-5,10,15-16,18,21H,6-9,11-14,17H2,1-2H3,(H,31,37). The SMILES string of the molecule is COc1ccc2c(c1)CCN(C1CCN(c3cc(C(=O)N4CCc5c(ccn5C)C4)ncn3)CC1)C(=O)N2. The van der Waals surface area contributed by atoms with E-state index in [2.05, 4.69) is 37.0 Å². The number of benzene rings is 1. The number of aromatic nitrogens is 3. The topological polar surface area (TPSA) is 95.8 Å². The number of carbonyl (C=O) groups is 2. The maximum absolute atomic E-state index is 13.3. The molecule has 3 amide bonds. The van der Waals surface area contributed by atoms with E-state index in [1.807, 2.05) is 41.1 Å². The second kappa shape index (κ2) is 10.00. The first-order chi connectivity index (χ1) is 18.5. The Morgan fingerprint density at radius 2 is 1.87 bits per heavy atom. The monoisotopic (exact) mass is 515 g/mol. The molecule has 0 radical (unpaired) electrons. The van der Waals surface area contributed by atoms with Crippen molar-refractivity contribution in [1.29, 1.82) is 0 Å². The van der Waals surface area contributed by atoms with E-state index in [1.165, 1.54) is 17.6 Å². The van der Waals surface area contributed by atoms with Gasteiger partial charge in [0.15, 0.2) is 0 Å².